The molecule has 0 atom stereocenters. The molecule has 1 amide bonds. The average molecular weight is 377 g/mol. The molecule has 7 heteroatoms. The van der Waals surface area contributed by atoms with Crippen molar-refractivity contribution < 1.29 is 9.53 Å². The predicted octanol–water partition coefficient (Wildman–Crippen LogP) is 3.34. The number of hydrogen-bond acceptors (Lipinski definition) is 6. The summed E-state index contributed by atoms with van der Waals surface area (Å²) in [5.41, 5.74) is 8.90. The van der Waals surface area contributed by atoms with Gasteiger partial charge in [0.05, 0.1) is 23.2 Å². The lowest BCUT2D eigenvalue weighted by molar-refractivity contribution is -0.117. The third-order valence-corrected chi connectivity index (χ3v) is 4.92. The van der Waals surface area contributed by atoms with Gasteiger partial charge in [-0.1, -0.05) is 19.1 Å². The van der Waals surface area contributed by atoms with Gasteiger partial charge in [-0.05, 0) is 37.2 Å². The summed E-state index contributed by atoms with van der Waals surface area (Å²) >= 11 is 1.53. The maximum atomic E-state index is 12.3. The maximum absolute atomic E-state index is 12.3. The van der Waals surface area contributed by atoms with E-state index in [1.165, 1.54) is 11.3 Å². The van der Waals surface area contributed by atoms with E-state index in [1.54, 1.807) is 7.11 Å². The molecule has 0 saturated heterocycles. The smallest absolute Gasteiger partial charge is 0.238 e. The van der Waals surface area contributed by atoms with Crippen LogP contribution in [0.25, 0.3) is 11.1 Å². The molecule has 26 heavy (non-hydrogen) atoms. The first kappa shape index (κ1) is 20.2. The van der Waals surface area contributed by atoms with Gasteiger partial charge >= 0.3 is 0 Å². The van der Waals surface area contributed by atoms with E-state index in [-0.39, 0.29) is 5.91 Å². The first-order valence-corrected chi connectivity index (χ1v) is 9.63. The van der Waals surface area contributed by atoms with E-state index in [0.29, 0.717) is 13.2 Å². The van der Waals surface area contributed by atoms with Crippen LogP contribution in [0.15, 0.2) is 30.3 Å². The summed E-state index contributed by atoms with van der Waals surface area (Å²) in [5.74, 6) is -0.0354. The maximum Gasteiger partial charge on any atom is 0.238 e. The van der Waals surface area contributed by atoms with Crippen LogP contribution in [-0.2, 0) is 9.53 Å². The van der Waals surface area contributed by atoms with Gasteiger partial charge in [-0.25, -0.2) is 0 Å². The number of benzene rings is 1. The molecule has 0 unspecified atom stereocenters. The normalized spacial score (nSPS) is 10.9. The Bertz CT molecular complexity index is 717. The van der Waals surface area contributed by atoms with Crippen LogP contribution >= 0.6 is 11.3 Å². The molecule has 142 valence electrons. The van der Waals surface area contributed by atoms with Crippen molar-refractivity contribution in [1.82, 2.24) is 4.90 Å². The highest BCUT2D eigenvalue weighted by molar-refractivity contribution is 7.20. The van der Waals surface area contributed by atoms with Gasteiger partial charge in [-0.15, -0.1) is 11.3 Å². The number of likely N-dealkylation sites (N-methyl/N-ethyl adjacent to an activating group) is 1. The van der Waals surface area contributed by atoms with E-state index in [1.807, 2.05) is 42.2 Å². The zero-order valence-corrected chi connectivity index (χ0v) is 16.5. The Hall–Kier alpha value is -2.09. The van der Waals surface area contributed by atoms with Crippen molar-refractivity contribution >= 4 is 32.9 Å². The minimum Gasteiger partial charge on any atom is -0.390 e. The zero-order chi connectivity index (χ0) is 18.9. The fourth-order valence-electron chi connectivity index (χ4n) is 2.63. The van der Waals surface area contributed by atoms with Gasteiger partial charge < -0.3 is 21.1 Å². The van der Waals surface area contributed by atoms with Crippen LogP contribution in [0.1, 0.15) is 13.8 Å². The molecule has 0 aliphatic carbocycles. The van der Waals surface area contributed by atoms with Gasteiger partial charge in [-0.3, -0.25) is 9.69 Å². The molecule has 4 N–H and O–H groups in total. The van der Waals surface area contributed by atoms with Crippen molar-refractivity contribution in [2.24, 2.45) is 0 Å². The minimum atomic E-state index is -0.0354. The Balaban J connectivity index is 2.05. The van der Waals surface area contributed by atoms with Crippen LogP contribution in [0.5, 0.6) is 0 Å². The largest absolute Gasteiger partial charge is 0.390 e. The lowest BCUT2D eigenvalue weighted by atomic mass is 10.1. The van der Waals surface area contributed by atoms with Crippen molar-refractivity contribution in [2.45, 2.75) is 13.8 Å². The Morgan fingerprint density at radius 3 is 2.81 bits per heavy atom. The third kappa shape index (κ3) is 5.72. The summed E-state index contributed by atoms with van der Waals surface area (Å²) in [6, 6.07) is 9.82. The zero-order valence-electron chi connectivity index (χ0n) is 15.7. The molecule has 0 saturated carbocycles. The number of carbonyl (C=O) groups excluding carboxylic acids is 1. The number of amides is 1. The molecule has 2 rings (SSSR count). The summed E-state index contributed by atoms with van der Waals surface area (Å²) in [4.78, 5) is 14.4. The quantitative estimate of drug-likeness (QED) is 0.593. The minimum absolute atomic E-state index is 0.0354. The van der Waals surface area contributed by atoms with Gasteiger partial charge in [0.25, 0.3) is 0 Å². The van der Waals surface area contributed by atoms with E-state index < -0.39 is 0 Å². The molecule has 6 nitrogen and oxygen atoms in total. The highest BCUT2D eigenvalue weighted by Crippen LogP contribution is 2.37. The molecule has 0 radical (unpaired) electrons. The fraction of sp³-hybridized carbons (Fsp3) is 0.421. The summed E-state index contributed by atoms with van der Waals surface area (Å²) < 4.78 is 5.08. The summed E-state index contributed by atoms with van der Waals surface area (Å²) in [6.07, 6.45) is 0. The number of nitrogens with zero attached hydrogens (tertiary/aromatic N) is 1. The molecule has 0 fully saturated rings. The molecule has 1 heterocycles. The number of anilines is 3. The molecule has 1 aromatic heterocycles. The van der Waals surface area contributed by atoms with Crippen LogP contribution in [0.3, 0.4) is 0 Å². The molecule has 1 aromatic carbocycles. The number of ether oxygens (including phenoxy) is 1. The Morgan fingerprint density at radius 1 is 1.31 bits per heavy atom. The van der Waals surface area contributed by atoms with Crippen molar-refractivity contribution in [2.75, 3.05) is 56.3 Å². The Morgan fingerprint density at radius 2 is 2.12 bits per heavy atom. The first-order chi connectivity index (χ1) is 12.6. The molecule has 0 aliphatic heterocycles. The lowest BCUT2D eigenvalue weighted by Gasteiger charge is -2.19. The molecule has 0 bridgehead atoms. The Labute approximate surface area is 159 Å². The van der Waals surface area contributed by atoms with Crippen LogP contribution in [0.2, 0.25) is 0 Å². The highest BCUT2D eigenvalue weighted by Gasteiger charge is 2.11. The van der Waals surface area contributed by atoms with E-state index >= 15 is 0 Å². The van der Waals surface area contributed by atoms with E-state index in [9.17, 15) is 4.79 Å². The van der Waals surface area contributed by atoms with Crippen molar-refractivity contribution in [3.05, 3.63) is 30.3 Å². The third-order valence-electron chi connectivity index (χ3n) is 4.00. The van der Waals surface area contributed by atoms with Gasteiger partial charge in [0.2, 0.25) is 5.91 Å². The molecule has 0 spiro atoms. The second-order valence-electron chi connectivity index (χ2n) is 5.91. The number of thiophene rings is 1. The van der Waals surface area contributed by atoms with Crippen molar-refractivity contribution in [1.29, 1.82) is 0 Å². The SMILES string of the molecule is CCNc1cc(-c2cccc(NC(=O)CN(CC)CCOC)c2)c(N)s1. The summed E-state index contributed by atoms with van der Waals surface area (Å²) in [7, 11) is 1.66. The number of nitrogens with one attached hydrogen (secondary N) is 2. The number of hydrogen-bond donors (Lipinski definition) is 3. The van der Waals surface area contributed by atoms with Crippen LogP contribution in [0.4, 0.5) is 15.7 Å². The molecule has 2 aromatic rings. The van der Waals surface area contributed by atoms with Crippen LogP contribution in [-0.4, -0.2) is 50.7 Å². The van der Waals surface area contributed by atoms with Gasteiger partial charge in [-0.2, -0.15) is 0 Å². The standard InChI is InChI=1S/C19H28N4O2S/c1-4-21-18-12-16(19(20)26-18)14-7-6-8-15(11-14)22-17(24)13-23(5-2)9-10-25-3/h6-8,11-12,21H,4-5,9-10,13,20H2,1-3H3,(H,22,24). The van der Waals surface area contributed by atoms with Crippen LogP contribution < -0.4 is 16.4 Å². The second-order valence-corrected chi connectivity index (χ2v) is 6.99. The summed E-state index contributed by atoms with van der Waals surface area (Å²) in [5, 5.41) is 8.07. The van der Waals surface area contributed by atoms with E-state index in [0.717, 1.165) is 46.5 Å². The average Bonchev–Trinajstić information content (AvgIpc) is 2.99. The second kappa shape index (κ2) is 10.2. The van der Waals surface area contributed by atoms with Gasteiger partial charge in [0.15, 0.2) is 0 Å². The number of rotatable bonds is 10. The van der Waals surface area contributed by atoms with Crippen molar-refractivity contribution in [3.8, 4) is 11.1 Å². The van der Waals surface area contributed by atoms with E-state index in [2.05, 4.69) is 17.6 Å². The van der Waals surface area contributed by atoms with Crippen LogP contribution in [0, 0.1) is 0 Å². The molecular formula is C19H28N4O2S. The van der Waals surface area contributed by atoms with Gasteiger partial charge in [0, 0.05) is 31.5 Å². The first-order valence-electron chi connectivity index (χ1n) is 8.82. The predicted molar refractivity (Wildman–Crippen MR) is 111 cm³/mol. The lowest BCUT2D eigenvalue weighted by Crippen LogP contribution is -2.35. The Kier molecular flexibility index (Phi) is 7.90. The molecular weight excluding hydrogens is 348 g/mol. The van der Waals surface area contributed by atoms with Gasteiger partial charge in [0.1, 0.15) is 0 Å². The number of methoxy groups -OCH3 is 1. The molecule has 0 aliphatic rings. The monoisotopic (exact) mass is 376 g/mol. The van der Waals surface area contributed by atoms with Crippen molar-refractivity contribution in [3.63, 3.8) is 0 Å². The number of nitrogens with two attached hydrogens (primary N) is 1. The number of carbonyl (C=O) groups is 1. The topological polar surface area (TPSA) is 79.6 Å². The summed E-state index contributed by atoms with van der Waals surface area (Å²) in [6.45, 7) is 7.43. The number of nitrogen functional groups attached to an aromatic ring is 1. The highest BCUT2D eigenvalue weighted by atomic mass is 32.1. The van der Waals surface area contributed by atoms with E-state index in [4.69, 9.17) is 10.5 Å². The fourth-order valence-corrected chi connectivity index (χ4v) is 3.55.